The summed E-state index contributed by atoms with van der Waals surface area (Å²) in [5.41, 5.74) is -0.00469. The molecule has 0 saturated carbocycles. The molecule has 0 aliphatic rings. The number of hydrogen-bond acceptors (Lipinski definition) is 6. The molecule has 1 amide bonds. The minimum Gasteiger partial charge on any atom is -0.372 e. The Bertz CT molecular complexity index is 496. The largest absolute Gasteiger partial charge is 0.372 e. The van der Waals surface area contributed by atoms with E-state index in [4.69, 9.17) is 0 Å². The highest BCUT2D eigenvalue weighted by Gasteiger charge is 2.17. The van der Waals surface area contributed by atoms with Gasteiger partial charge in [-0.15, -0.1) is 0 Å². The Labute approximate surface area is 128 Å². The third-order valence-corrected chi connectivity index (χ3v) is 3.57. The Kier molecular flexibility index (Phi) is 7.52. The van der Waals surface area contributed by atoms with Crippen LogP contribution in [0.25, 0.3) is 0 Å². The molecule has 7 nitrogen and oxygen atoms in total. The topological polar surface area (TPSA) is 97.2 Å². The number of aromatic nitrogens is 1. The van der Waals surface area contributed by atoms with Crippen LogP contribution in [0.5, 0.6) is 0 Å². The van der Waals surface area contributed by atoms with Crippen molar-refractivity contribution in [3.63, 3.8) is 0 Å². The van der Waals surface area contributed by atoms with Gasteiger partial charge in [-0.05, 0) is 24.9 Å². The van der Waals surface area contributed by atoms with Crippen molar-refractivity contribution in [1.29, 1.82) is 0 Å². The molecule has 21 heavy (non-hydrogen) atoms. The van der Waals surface area contributed by atoms with Gasteiger partial charge >= 0.3 is 0 Å². The van der Waals surface area contributed by atoms with Crippen molar-refractivity contribution in [2.75, 3.05) is 30.9 Å². The maximum Gasteiger partial charge on any atom is 0.288 e. The molecule has 0 saturated heterocycles. The normalized spacial score (nSPS) is 10.2. The zero-order valence-electron chi connectivity index (χ0n) is 12.2. The maximum absolute atomic E-state index is 12.1. The van der Waals surface area contributed by atoms with Crippen molar-refractivity contribution in [3.8, 4) is 0 Å². The molecule has 1 rings (SSSR count). The SMILES string of the molecule is CNc1ncc([N+](=O)[O-])cc1C(=O)NCCCCCSC. The Morgan fingerprint density at radius 2 is 2.19 bits per heavy atom. The number of carbonyl (C=O) groups is 1. The first-order chi connectivity index (χ1) is 10.1. The first kappa shape index (κ1) is 17.2. The molecular weight excluding hydrogens is 292 g/mol. The Balaban J connectivity index is 2.59. The molecule has 0 unspecified atom stereocenters. The summed E-state index contributed by atoms with van der Waals surface area (Å²) in [6, 6.07) is 1.24. The number of nitrogens with one attached hydrogen (secondary N) is 2. The van der Waals surface area contributed by atoms with Crippen LogP contribution in [0.1, 0.15) is 29.6 Å². The summed E-state index contributed by atoms with van der Waals surface area (Å²) in [6.07, 6.45) is 6.26. The molecule has 8 heteroatoms. The summed E-state index contributed by atoms with van der Waals surface area (Å²) in [5.74, 6) is 1.10. The van der Waals surface area contributed by atoms with E-state index in [9.17, 15) is 14.9 Å². The minimum atomic E-state index is -0.564. The standard InChI is InChI=1S/C13H20N4O3S/c1-14-12-11(8-10(9-16-12)17(19)20)13(18)15-6-4-3-5-7-21-2/h8-9H,3-7H2,1-2H3,(H,14,16)(H,15,18). The number of thioether (sulfide) groups is 1. The number of hydrogen-bond donors (Lipinski definition) is 2. The number of anilines is 1. The molecule has 0 aromatic carbocycles. The van der Waals surface area contributed by atoms with Crippen LogP contribution in [0.3, 0.4) is 0 Å². The lowest BCUT2D eigenvalue weighted by Gasteiger charge is -2.08. The molecule has 1 aromatic heterocycles. The fourth-order valence-electron chi connectivity index (χ4n) is 1.77. The van der Waals surface area contributed by atoms with Crippen molar-refractivity contribution in [2.45, 2.75) is 19.3 Å². The molecular formula is C13H20N4O3S. The Morgan fingerprint density at radius 3 is 2.81 bits per heavy atom. The van der Waals surface area contributed by atoms with E-state index >= 15 is 0 Å². The summed E-state index contributed by atoms with van der Waals surface area (Å²) in [7, 11) is 1.62. The summed E-state index contributed by atoms with van der Waals surface area (Å²) in [6.45, 7) is 0.555. The van der Waals surface area contributed by atoms with Gasteiger partial charge in [0, 0.05) is 19.7 Å². The van der Waals surface area contributed by atoms with Crippen LogP contribution >= 0.6 is 11.8 Å². The maximum atomic E-state index is 12.1. The van der Waals surface area contributed by atoms with E-state index in [1.54, 1.807) is 18.8 Å². The fraction of sp³-hybridized carbons (Fsp3) is 0.538. The van der Waals surface area contributed by atoms with Gasteiger partial charge in [-0.2, -0.15) is 11.8 Å². The highest BCUT2D eigenvalue weighted by molar-refractivity contribution is 7.98. The van der Waals surface area contributed by atoms with E-state index in [0.717, 1.165) is 31.2 Å². The van der Waals surface area contributed by atoms with Gasteiger partial charge in [-0.1, -0.05) is 6.42 Å². The van der Waals surface area contributed by atoms with Crippen LogP contribution in [0, 0.1) is 10.1 Å². The minimum absolute atomic E-state index is 0.191. The molecule has 1 aromatic rings. The molecule has 0 radical (unpaired) electrons. The van der Waals surface area contributed by atoms with E-state index in [1.807, 2.05) is 0 Å². The lowest BCUT2D eigenvalue weighted by molar-refractivity contribution is -0.385. The molecule has 0 atom stereocenters. The number of unbranched alkanes of at least 4 members (excludes halogenated alkanes) is 2. The van der Waals surface area contributed by atoms with Crippen LogP contribution in [0.4, 0.5) is 11.5 Å². The van der Waals surface area contributed by atoms with Crippen LogP contribution < -0.4 is 10.6 Å². The first-order valence-corrected chi connectivity index (χ1v) is 8.09. The van der Waals surface area contributed by atoms with E-state index in [1.165, 1.54) is 6.07 Å². The van der Waals surface area contributed by atoms with E-state index in [-0.39, 0.29) is 17.2 Å². The number of nitro groups is 1. The average molecular weight is 312 g/mol. The molecule has 1 heterocycles. The molecule has 0 fully saturated rings. The third kappa shape index (κ3) is 5.58. The number of amides is 1. The molecule has 0 bridgehead atoms. The molecule has 2 N–H and O–H groups in total. The van der Waals surface area contributed by atoms with Gasteiger partial charge in [0.05, 0.1) is 10.5 Å². The van der Waals surface area contributed by atoms with Gasteiger partial charge in [-0.25, -0.2) is 4.98 Å². The van der Waals surface area contributed by atoms with Gasteiger partial charge in [0.15, 0.2) is 0 Å². The zero-order valence-corrected chi connectivity index (χ0v) is 13.0. The van der Waals surface area contributed by atoms with Crippen molar-refractivity contribution >= 4 is 29.2 Å². The van der Waals surface area contributed by atoms with Crippen molar-refractivity contribution in [2.24, 2.45) is 0 Å². The average Bonchev–Trinajstić information content (AvgIpc) is 2.49. The predicted molar refractivity (Wildman–Crippen MR) is 85.0 cm³/mol. The number of pyridine rings is 1. The third-order valence-electron chi connectivity index (χ3n) is 2.88. The van der Waals surface area contributed by atoms with Crippen LogP contribution in [0.2, 0.25) is 0 Å². The second-order valence-electron chi connectivity index (χ2n) is 4.41. The zero-order chi connectivity index (χ0) is 15.7. The number of nitrogens with zero attached hydrogens (tertiary/aromatic N) is 2. The molecule has 0 aliphatic heterocycles. The lowest BCUT2D eigenvalue weighted by atomic mass is 10.2. The van der Waals surface area contributed by atoms with E-state index < -0.39 is 4.92 Å². The van der Waals surface area contributed by atoms with Crippen molar-refractivity contribution in [3.05, 3.63) is 27.9 Å². The number of carbonyl (C=O) groups excluding carboxylic acids is 1. The van der Waals surface area contributed by atoms with Crippen LogP contribution in [-0.4, -0.2) is 41.4 Å². The van der Waals surface area contributed by atoms with Gasteiger partial charge in [0.25, 0.3) is 11.6 Å². The first-order valence-electron chi connectivity index (χ1n) is 6.69. The van der Waals surface area contributed by atoms with Crippen molar-refractivity contribution < 1.29 is 9.72 Å². The predicted octanol–water partition coefficient (Wildman–Crippen LogP) is 2.29. The number of rotatable bonds is 9. The second kappa shape index (κ2) is 9.17. The second-order valence-corrected chi connectivity index (χ2v) is 5.39. The van der Waals surface area contributed by atoms with Gasteiger partial charge in [0.2, 0.25) is 0 Å². The van der Waals surface area contributed by atoms with Gasteiger partial charge in [-0.3, -0.25) is 14.9 Å². The highest BCUT2D eigenvalue weighted by atomic mass is 32.2. The lowest BCUT2D eigenvalue weighted by Crippen LogP contribution is -2.25. The molecule has 116 valence electrons. The highest BCUT2D eigenvalue weighted by Crippen LogP contribution is 2.18. The summed E-state index contributed by atoms with van der Waals surface area (Å²) in [4.78, 5) is 26.1. The van der Waals surface area contributed by atoms with E-state index in [2.05, 4.69) is 21.9 Å². The van der Waals surface area contributed by atoms with Crippen LogP contribution in [-0.2, 0) is 0 Å². The van der Waals surface area contributed by atoms with Gasteiger partial charge < -0.3 is 10.6 Å². The monoisotopic (exact) mass is 312 g/mol. The Hall–Kier alpha value is -1.83. The fourth-order valence-corrected chi connectivity index (χ4v) is 2.26. The quantitative estimate of drug-likeness (QED) is 0.412. The van der Waals surface area contributed by atoms with E-state index in [0.29, 0.717) is 12.4 Å². The smallest absolute Gasteiger partial charge is 0.288 e. The molecule has 0 aliphatic carbocycles. The van der Waals surface area contributed by atoms with Crippen LogP contribution in [0.15, 0.2) is 12.3 Å². The Morgan fingerprint density at radius 1 is 1.43 bits per heavy atom. The summed E-state index contributed by atoms with van der Waals surface area (Å²) >= 11 is 1.80. The van der Waals surface area contributed by atoms with Crippen molar-refractivity contribution in [1.82, 2.24) is 10.3 Å². The molecule has 0 spiro atoms. The summed E-state index contributed by atoms with van der Waals surface area (Å²) in [5, 5.41) is 16.3. The summed E-state index contributed by atoms with van der Waals surface area (Å²) < 4.78 is 0. The van der Waals surface area contributed by atoms with Gasteiger partial charge in [0.1, 0.15) is 12.0 Å².